The summed E-state index contributed by atoms with van der Waals surface area (Å²) in [4.78, 5) is 3.88. The van der Waals surface area contributed by atoms with Gasteiger partial charge in [0.1, 0.15) is 12.1 Å². The molecule has 1 aromatic carbocycles. The second-order valence-electron chi connectivity index (χ2n) is 4.07. The minimum absolute atomic E-state index is 0.583. The highest BCUT2D eigenvalue weighted by Gasteiger charge is 2.04. The van der Waals surface area contributed by atoms with Crippen LogP contribution in [0.15, 0.2) is 41.5 Å². The smallest absolute Gasteiger partial charge is 0.180 e. The number of aromatic nitrogens is 5. The predicted molar refractivity (Wildman–Crippen MR) is 67.7 cm³/mol. The molecule has 96 valence electrons. The molecule has 0 aliphatic heterocycles. The van der Waals surface area contributed by atoms with Gasteiger partial charge in [0.05, 0.1) is 18.4 Å². The zero-order valence-electron chi connectivity index (χ0n) is 10.3. The number of tetrazole rings is 1. The monoisotopic (exact) mass is 256 g/mol. The van der Waals surface area contributed by atoms with Crippen molar-refractivity contribution in [3.8, 4) is 5.69 Å². The minimum Gasteiger partial charge on any atom is -0.447 e. The van der Waals surface area contributed by atoms with Crippen molar-refractivity contribution < 1.29 is 4.42 Å². The summed E-state index contributed by atoms with van der Waals surface area (Å²) in [5.41, 5.74) is 3.04. The van der Waals surface area contributed by atoms with Crippen molar-refractivity contribution in [2.75, 3.05) is 5.32 Å². The van der Waals surface area contributed by atoms with E-state index in [1.54, 1.807) is 17.2 Å². The van der Waals surface area contributed by atoms with Crippen molar-refractivity contribution >= 4 is 5.69 Å². The molecule has 0 saturated carbocycles. The Balaban J connectivity index is 1.82. The number of hydrogen-bond acceptors (Lipinski definition) is 6. The number of hydrogen-bond donors (Lipinski definition) is 1. The van der Waals surface area contributed by atoms with Gasteiger partial charge in [-0.1, -0.05) is 6.07 Å². The summed E-state index contributed by atoms with van der Waals surface area (Å²) in [6, 6.07) is 5.97. The van der Waals surface area contributed by atoms with Gasteiger partial charge in [0.15, 0.2) is 6.39 Å². The Bertz CT molecular complexity index is 647. The molecule has 2 heterocycles. The van der Waals surface area contributed by atoms with Crippen LogP contribution >= 0.6 is 0 Å². The Morgan fingerprint density at radius 1 is 1.37 bits per heavy atom. The fraction of sp³-hybridized carbons (Fsp3) is 0.167. The van der Waals surface area contributed by atoms with Crippen LogP contribution in [0.2, 0.25) is 0 Å². The quantitative estimate of drug-likeness (QED) is 0.763. The molecular weight excluding hydrogens is 244 g/mol. The summed E-state index contributed by atoms with van der Waals surface area (Å²) >= 11 is 0. The first-order chi connectivity index (χ1) is 9.33. The molecule has 0 bridgehead atoms. The van der Waals surface area contributed by atoms with E-state index in [1.807, 2.05) is 25.1 Å². The molecule has 2 aromatic heterocycles. The van der Waals surface area contributed by atoms with Crippen LogP contribution in [-0.2, 0) is 6.54 Å². The Labute approximate surface area is 109 Å². The lowest BCUT2D eigenvalue weighted by Crippen LogP contribution is -2.02. The van der Waals surface area contributed by atoms with Crippen molar-refractivity contribution in [3.63, 3.8) is 0 Å². The molecule has 0 atom stereocenters. The Morgan fingerprint density at radius 2 is 2.32 bits per heavy atom. The third-order valence-electron chi connectivity index (χ3n) is 2.77. The van der Waals surface area contributed by atoms with E-state index < -0.39 is 0 Å². The average Bonchev–Trinajstić information content (AvgIpc) is 3.11. The number of nitrogens with one attached hydrogen (secondary N) is 1. The molecule has 0 amide bonds. The second-order valence-corrected chi connectivity index (χ2v) is 4.07. The average molecular weight is 256 g/mol. The fourth-order valence-corrected chi connectivity index (χ4v) is 1.73. The van der Waals surface area contributed by atoms with Gasteiger partial charge in [0.2, 0.25) is 0 Å². The zero-order chi connectivity index (χ0) is 13.1. The summed E-state index contributed by atoms with van der Waals surface area (Å²) in [5.74, 6) is 0.784. The van der Waals surface area contributed by atoms with Crippen LogP contribution in [-0.4, -0.2) is 25.2 Å². The van der Waals surface area contributed by atoms with E-state index >= 15 is 0 Å². The van der Waals surface area contributed by atoms with Crippen LogP contribution < -0.4 is 5.32 Å². The van der Waals surface area contributed by atoms with Crippen LogP contribution in [0.25, 0.3) is 5.69 Å². The molecule has 0 aliphatic carbocycles. The number of nitrogens with zero attached hydrogens (tertiary/aromatic N) is 5. The number of benzene rings is 1. The van der Waals surface area contributed by atoms with Crippen LogP contribution in [0.1, 0.15) is 11.3 Å². The lowest BCUT2D eigenvalue weighted by molar-refractivity contribution is 0.511. The highest BCUT2D eigenvalue weighted by Crippen LogP contribution is 2.19. The van der Waals surface area contributed by atoms with Gasteiger partial charge in [0.25, 0.3) is 0 Å². The van der Waals surface area contributed by atoms with Gasteiger partial charge >= 0.3 is 0 Å². The first kappa shape index (κ1) is 11.4. The van der Waals surface area contributed by atoms with E-state index in [2.05, 4.69) is 25.8 Å². The van der Waals surface area contributed by atoms with Crippen molar-refractivity contribution in [3.05, 3.63) is 48.4 Å². The van der Waals surface area contributed by atoms with Gasteiger partial charge < -0.3 is 9.73 Å². The molecule has 0 spiro atoms. The summed E-state index contributed by atoms with van der Waals surface area (Å²) in [6.45, 7) is 2.62. The van der Waals surface area contributed by atoms with Crippen molar-refractivity contribution in [2.45, 2.75) is 13.5 Å². The molecule has 0 aliphatic rings. The molecule has 19 heavy (non-hydrogen) atoms. The van der Waals surface area contributed by atoms with E-state index in [0.29, 0.717) is 6.54 Å². The molecule has 7 nitrogen and oxygen atoms in total. The first-order valence-electron chi connectivity index (χ1n) is 5.78. The Morgan fingerprint density at radius 3 is 3.05 bits per heavy atom. The molecule has 1 N–H and O–H groups in total. The van der Waals surface area contributed by atoms with Crippen molar-refractivity contribution in [2.24, 2.45) is 0 Å². The number of rotatable bonds is 4. The van der Waals surface area contributed by atoms with Gasteiger partial charge in [0, 0.05) is 5.69 Å². The SMILES string of the molecule is Cc1ccc(-n2cnnn2)cc1NCc1cnco1. The molecule has 3 rings (SSSR count). The highest BCUT2D eigenvalue weighted by molar-refractivity contribution is 5.56. The van der Waals surface area contributed by atoms with Crippen LogP contribution in [0.5, 0.6) is 0 Å². The van der Waals surface area contributed by atoms with E-state index in [-0.39, 0.29) is 0 Å². The van der Waals surface area contributed by atoms with E-state index in [4.69, 9.17) is 4.42 Å². The maximum Gasteiger partial charge on any atom is 0.180 e. The van der Waals surface area contributed by atoms with Gasteiger partial charge in [-0.05, 0) is 35.0 Å². The third kappa shape index (κ3) is 2.44. The summed E-state index contributed by atoms with van der Waals surface area (Å²) in [5, 5.41) is 14.4. The van der Waals surface area contributed by atoms with Gasteiger partial charge in [-0.3, -0.25) is 0 Å². The van der Waals surface area contributed by atoms with Crippen molar-refractivity contribution in [1.82, 2.24) is 25.2 Å². The number of oxazole rings is 1. The Kier molecular flexibility index (Phi) is 2.93. The zero-order valence-corrected chi connectivity index (χ0v) is 10.3. The highest BCUT2D eigenvalue weighted by atomic mass is 16.3. The van der Waals surface area contributed by atoms with Crippen LogP contribution in [0.3, 0.4) is 0 Å². The van der Waals surface area contributed by atoms with Crippen LogP contribution in [0, 0.1) is 6.92 Å². The molecule has 0 unspecified atom stereocenters. The fourth-order valence-electron chi connectivity index (χ4n) is 1.73. The van der Waals surface area contributed by atoms with E-state index in [1.165, 1.54) is 6.39 Å². The minimum atomic E-state index is 0.583. The Hall–Kier alpha value is -2.70. The summed E-state index contributed by atoms with van der Waals surface area (Å²) in [7, 11) is 0. The second kappa shape index (κ2) is 4.89. The summed E-state index contributed by atoms with van der Waals surface area (Å²) < 4.78 is 6.80. The van der Waals surface area contributed by atoms with Gasteiger partial charge in [-0.25, -0.2) is 9.67 Å². The maximum atomic E-state index is 5.19. The molecule has 7 heteroatoms. The predicted octanol–water partition coefficient (Wildman–Crippen LogP) is 1.57. The van der Waals surface area contributed by atoms with E-state index in [9.17, 15) is 0 Å². The topological polar surface area (TPSA) is 81.7 Å². The molecule has 0 fully saturated rings. The molecule has 0 saturated heterocycles. The largest absolute Gasteiger partial charge is 0.447 e. The molecular formula is C12H12N6O. The number of aryl methyl sites for hydroxylation is 1. The molecule has 3 aromatic rings. The first-order valence-corrected chi connectivity index (χ1v) is 5.78. The standard InChI is InChI=1S/C12H12N6O/c1-9-2-3-10(18-7-15-16-17-18)4-12(9)14-6-11-5-13-8-19-11/h2-5,7-8,14H,6H2,1H3. The third-order valence-corrected chi connectivity index (χ3v) is 2.77. The summed E-state index contributed by atoms with van der Waals surface area (Å²) in [6.07, 6.45) is 4.67. The van der Waals surface area contributed by atoms with Gasteiger partial charge in [-0.2, -0.15) is 0 Å². The normalized spacial score (nSPS) is 10.6. The van der Waals surface area contributed by atoms with E-state index in [0.717, 1.165) is 22.7 Å². The lowest BCUT2D eigenvalue weighted by atomic mass is 10.2. The van der Waals surface area contributed by atoms with Gasteiger partial charge in [-0.15, -0.1) is 5.10 Å². The van der Waals surface area contributed by atoms with Crippen LogP contribution in [0.4, 0.5) is 5.69 Å². The van der Waals surface area contributed by atoms with Crippen molar-refractivity contribution in [1.29, 1.82) is 0 Å². The molecule has 0 radical (unpaired) electrons. The number of anilines is 1. The lowest BCUT2D eigenvalue weighted by Gasteiger charge is -2.10. The maximum absolute atomic E-state index is 5.19.